The van der Waals surface area contributed by atoms with Gasteiger partial charge in [-0.1, -0.05) is 41.4 Å². The molecule has 2 aromatic rings. The normalized spacial score (nSPS) is 10.6. The molecule has 0 unspecified atom stereocenters. The van der Waals surface area contributed by atoms with Gasteiger partial charge in [0.1, 0.15) is 5.78 Å². The van der Waals surface area contributed by atoms with Crippen LogP contribution in [0.25, 0.3) is 0 Å². The van der Waals surface area contributed by atoms with Crippen LogP contribution in [0.5, 0.6) is 0 Å². The van der Waals surface area contributed by atoms with E-state index in [0.29, 0.717) is 22.2 Å². The molecule has 20 heavy (non-hydrogen) atoms. The number of carbonyl (C=O) groups is 1. The highest BCUT2D eigenvalue weighted by Crippen LogP contribution is 2.27. The molecule has 0 bridgehead atoms. The molecule has 104 valence electrons. The van der Waals surface area contributed by atoms with Crippen molar-refractivity contribution in [1.82, 2.24) is 0 Å². The highest BCUT2D eigenvalue weighted by molar-refractivity contribution is 9.10. The van der Waals surface area contributed by atoms with E-state index < -0.39 is 0 Å². The van der Waals surface area contributed by atoms with Crippen LogP contribution in [0.2, 0.25) is 10.0 Å². The van der Waals surface area contributed by atoms with Gasteiger partial charge >= 0.3 is 0 Å². The van der Waals surface area contributed by atoms with Gasteiger partial charge in [0.2, 0.25) is 0 Å². The number of hydrogen-bond acceptors (Lipinski definition) is 2. The minimum atomic E-state index is 0.157. The van der Waals surface area contributed by atoms with E-state index in [2.05, 4.69) is 15.9 Å². The second-order valence-corrected chi connectivity index (χ2v) is 6.87. The summed E-state index contributed by atoms with van der Waals surface area (Å²) in [6.45, 7) is 0. The van der Waals surface area contributed by atoms with Crippen LogP contribution < -0.4 is 0 Å². The Labute approximate surface area is 140 Å². The second-order valence-electron chi connectivity index (χ2n) is 4.18. The van der Waals surface area contributed by atoms with E-state index in [4.69, 9.17) is 23.2 Å². The van der Waals surface area contributed by atoms with Crippen LogP contribution in [0, 0.1) is 0 Å². The van der Waals surface area contributed by atoms with Gasteiger partial charge in [-0.2, -0.15) is 0 Å². The number of thioether (sulfide) groups is 1. The Balaban J connectivity index is 1.93. The summed E-state index contributed by atoms with van der Waals surface area (Å²) in [5.41, 5.74) is 0.886. The average Bonchev–Trinajstić information content (AvgIpc) is 2.42. The summed E-state index contributed by atoms with van der Waals surface area (Å²) in [6, 6.07) is 13.1. The molecule has 1 nitrogen and oxygen atoms in total. The third-order valence-electron chi connectivity index (χ3n) is 2.61. The fraction of sp³-hybridized carbons (Fsp3) is 0.133. The van der Waals surface area contributed by atoms with E-state index in [1.165, 1.54) is 11.8 Å². The molecule has 0 spiro atoms. The summed E-state index contributed by atoms with van der Waals surface area (Å²) in [7, 11) is 0. The summed E-state index contributed by atoms with van der Waals surface area (Å²) in [5.74, 6) is 0.590. The van der Waals surface area contributed by atoms with Gasteiger partial charge in [0.05, 0.1) is 15.8 Å². The van der Waals surface area contributed by atoms with Crippen molar-refractivity contribution in [2.24, 2.45) is 0 Å². The van der Waals surface area contributed by atoms with Crippen molar-refractivity contribution >= 4 is 56.7 Å². The molecule has 0 heterocycles. The minimum Gasteiger partial charge on any atom is -0.298 e. The molecule has 0 atom stereocenters. The fourth-order valence-corrected chi connectivity index (χ4v) is 3.40. The molecule has 0 aromatic heterocycles. The molecule has 0 N–H and O–H groups in total. The van der Waals surface area contributed by atoms with E-state index in [1.807, 2.05) is 30.3 Å². The van der Waals surface area contributed by atoms with Crippen LogP contribution in [0.4, 0.5) is 0 Å². The van der Waals surface area contributed by atoms with Crippen molar-refractivity contribution < 1.29 is 4.79 Å². The van der Waals surface area contributed by atoms with Gasteiger partial charge in [0.15, 0.2) is 0 Å². The quantitative estimate of drug-likeness (QED) is 0.613. The van der Waals surface area contributed by atoms with Crippen molar-refractivity contribution in [3.63, 3.8) is 0 Å². The van der Waals surface area contributed by atoms with Gasteiger partial charge < -0.3 is 0 Å². The zero-order valence-corrected chi connectivity index (χ0v) is 14.3. The predicted molar refractivity (Wildman–Crippen MR) is 90.0 cm³/mol. The smallest absolute Gasteiger partial charge is 0.147 e. The van der Waals surface area contributed by atoms with E-state index in [-0.39, 0.29) is 5.78 Å². The summed E-state index contributed by atoms with van der Waals surface area (Å²) < 4.78 is 1.01. The molecule has 0 saturated carbocycles. The highest BCUT2D eigenvalue weighted by Gasteiger charge is 2.08. The average molecular weight is 390 g/mol. The van der Waals surface area contributed by atoms with Crippen LogP contribution in [0.15, 0.2) is 51.8 Å². The molecule has 0 radical (unpaired) electrons. The molecule has 0 aliphatic heterocycles. The summed E-state index contributed by atoms with van der Waals surface area (Å²) >= 11 is 16.8. The third-order valence-corrected chi connectivity index (χ3v) is 5.44. The number of ketones is 1. The summed E-state index contributed by atoms with van der Waals surface area (Å²) in [4.78, 5) is 13.0. The van der Waals surface area contributed by atoms with Gasteiger partial charge in [-0.05, 0) is 45.8 Å². The minimum absolute atomic E-state index is 0.157. The van der Waals surface area contributed by atoms with Crippen LogP contribution in [-0.2, 0) is 11.2 Å². The molecule has 0 aliphatic rings. The van der Waals surface area contributed by atoms with Crippen molar-refractivity contribution in [3.05, 3.63) is 62.5 Å². The first-order valence-corrected chi connectivity index (χ1v) is 8.42. The molecular weight excluding hydrogens is 379 g/mol. The lowest BCUT2D eigenvalue weighted by atomic mass is 10.1. The Morgan fingerprint density at radius 2 is 1.85 bits per heavy atom. The van der Waals surface area contributed by atoms with Gasteiger partial charge in [0, 0.05) is 15.8 Å². The lowest BCUT2D eigenvalue weighted by Gasteiger charge is -2.05. The molecule has 2 rings (SSSR count). The maximum atomic E-state index is 12.0. The molecule has 0 aliphatic carbocycles. The zero-order valence-electron chi connectivity index (χ0n) is 10.4. The van der Waals surface area contributed by atoms with Gasteiger partial charge in [0.25, 0.3) is 0 Å². The number of rotatable bonds is 5. The van der Waals surface area contributed by atoms with E-state index in [1.54, 1.807) is 12.1 Å². The Bertz CT molecular complexity index is 631. The fourth-order valence-electron chi connectivity index (χ4n) is 1.65. The van der Waals surface area contributed by atoms with Gasteiger partial charge in [-0.25, -0.2) is 0 Å². The van der Waals surface area contributed by atoms with E-state index in [0.717, 1.165) is 14.9 Å². The molecule has 2 aromatic carbocycles. The molecule has 5 heteroatoms. The van der Waals surface area contributed by atoms with Crippen molar-refractivity contribution in [2.75, 3.05) is 5.75 Å². The third kappa shape index (κ3) is 4.52. The SMILES string of the molecule is O=C(CSc1ccccc1Br)Cc1ccc(Cl)c(Cl)c1. The monoisotopic (exact) mass is 388 g/mol. The van der Waals surface area contributed by atoms with Crippen LogP contribution in [-0.4, -0.2) is 11.5 Å². The number of Topliss-reactive ketones (excluding diaryl/α,β-unsaturated/α-hetero) is 1. The van der Waals surface area contributed by atoms with Crippen molar-refractivity contribution in [1.29, 1.82) is 0 Å². The van der Waals surface area contributed by atoms with Crippen LogP contribution >= 0.6 is 50.9 Å². The Kier molecular flexibility index (Phi) is 5.97. The van der Waals surface area contributed by atoms with E-state index >= 15 is 0 Å². The highest BCUT2D eigenvalue weighted by atomic mass is 79.9. The number of benzene rings is 2. The maximum Gasteiger partial charge on any atom is 0.147 e. The van der Waals surface area contributed by atoms with Crippen molar-refractivity contribution in [2.45, 2.75) is 11.3 Å². The Hall–Kier alpha value is -0.480. The van der Waals surface area contributed by atoms with Gasteiger partial charge in [-0.3, -0.25) is 4.79 Å². The first-order valence-electron chi connectivity index (χ1n) is 5.89. The lowest BCUT2D eigenvalue weighted by Crippen LogP contribution is -2.05. The Morgan fingerprint density at radius 1 is 1.10 bits per heavy atom. The largest absolute Gasteiger partial charge is 0.298 e. The first-order chi connectivity index (χ1) is 9.56. The second kappa shape index (κ2) is 7.51. The Morgan fingerprint density at radius 3 is 2.55 bits per heavy atom. The van der Waals surface area contributed by atoms with E-state index in [9.17, 15) is 4.79 Å². The number of hydrogen-bond donors (Lipinski definition) is 0. The topological polar surface area (TPSA) is 17.1 Å². The maximum absolute atomic E-state index is 12.0. The molecule has 0 saturated heterocycles. The van der Waals surface area contributed by atoms with Crippen molar-refractivity contribution in [3.8, 4) is 0 Å². The van der Waals surface area contributed by atoms with Crippen LogP contribution in [0.1, 0.15) is 5.56 Å². The summed E-state index contributed by atoms with van der Waals surface area (Å²) in [5, 5.41) is 0.987. The first kappa shape index (κ1) is 15.9. The lowest BCUT2D eigenvalue weighted by molar-refractivity contribution is -0.116. The predicted octanol–water partition coefficient (Wildman–Crippen LogP) is 5.66. The molecule has 0 amide bonds. The number of halogens is 3. The molecular formula is C15H11BrCl2OS. The standard InChI is InChI=1S/C15H11BrCl2OS/c16-12-3-1-2-4-15(12)20-9-11(19)7-10-5-6-13(17)14(18)8-10/h1-6,8H,7,9H2. The molecule has 0 fully saturated rings. The van der Waals surface area contributed by atoms with Crippen LogP contribution in [0.3, 0.4) is 0 Å². The summed E-state index contributed by atoms with van der Waals surface area (Å²) in [6.07, 6.45) is 0.369. The number of carbonyl (C=O) groups excluding carboxylic acids is 1. The zero-order chi connectivity index (χ0) is 14.5. The van der Waals surface area contributed by atoms with Gasteiger partial charge in [-0.15, -0.1) is 11.8 Å².